The second-order valence-corrected chi connectivity index (χ2v) is 9.29. The number of rotatable bonds is 6. The van der Waals surface area contributed by atoms with Crippen LogP contribution in [0.2, 0.25) is 10.0 Å². The van der Waals surface area contributed by atoms with E-state index < -0.39 is 9.84 Å². The number of sulfone groups is 1. The molecule has 0 unspecified atom stereocenters. The third-order valence-electron chi connectivity index (χ3n) is 3.80. The van der Waals surface area contributed by atoms with Crippen molar-refractivity contribution in [1.29, 1.82) is 0 Å². The minimum absolute atomic E-state index is 0.0950. The van der Waals surface area contributed by atoms with Crippen LogP contribution in [0.15, 0.2) is 42.5 Å². The standard InChI is InChI=1S/C18H20Cl2O2S/c1-13(2)23(21,22)12-16-7-4-14(5-8-16)3-6-15-9-10-17(19)18(20)11-15/h4-5,7-11,13H,3,6,12H2,1-2H3. The van der Waals surface area contributed by atoms with Crippen LogP contribution in [0.25, 0.3) is 0 Å². The molecule has 0 bridgehead atoms. The Labute approximate surface area is 148 Å². The molecule has 0 saturated carbocycles. The first-order chi connectivity index (χ1) is 10.8. The monoisotopic (exact) mass is 370 g/mol. The van der Waals surface area contributed by atoms with Crippen LogP contribution in [0.3, 0.4) is 0 Å². The van der Waals surface area contributed by atoms with Gasteiger partial charge in [-0.1, -0.05) is 53.5 Å². The highest BCUT2D eigenvalue weighted by atomic mass is 35.5. The molecule has 0 saturated heterocycles. The van der Waals surface area contributed by atoms with Gasteiger partial charge in [-0.2, -0.15) is 0 Å². The van der Waals surface area contributed by atoms with Crippen molar-refractivity contribution in [2.45, 2.75) is 37.7 Å². The van der Waals surface area contributed by atoms with Gasteiger partial charge in [0.1, 0.15) is 0 Å². The van der Waals surface area contributed by atoms with Crippen molar-refractivity contribution >= 4 is 33.0 Å². The van der Waals surface area contributed by atoms with Crippen LogP contribution in [-0.4, -0.2) is 13.7 Å². The summed E-state index contributed by atoms with van der Waals surface area (Å²) in [6.45, 7) is 3.42. The van der Waals surface area contributed by atoms with Gasteiger partial charge >= 0.3 is 0 Å². The molecule has 0 heterocycles. The van der Waals surface area contributed by atoms with Crippen LogP contribution < -0.4 is 0 Å². The van der Waals surface area contributed by atoms with Gasteiger partial charge in [0.25, 0.3) is 0 Å². The minimum Gasteiger partial charge on any atom is -0.228 e. The molecule has 2 aromatic rings. The lowest BCUT2D eigenvalue weighted by molar-refractivity contribution is 0.586. The summed E-state index contributed by atoms with van der Waals surface area (Å²) in [5.41, 5.74) is 3.13. The Morgan fingerprint density at radius 3 is 1.91 bits per heavy atom. The third-order valence-corrected chi connectivity index (χ3v) is 6.71. The minimum atomic E-state index is -3.06. The van der Waals surface area contributed by atoms with E-state index in [1.165, 1.54) is 5.56 Å². The maximum Gasteiger partial charge on any atom is 0.156 e. The molecule has 0 aliphatic heterocycles. The van der Waals surface area contributed by atoms with E-state index >= 15 is 0 Å². The van der Waals surface area contributed by atoms with Crippen LogP contribution >= 0.6 is 23.2 Å². The summed E-state index contributed by atoms with van der Waals surface area (Å²) in [5, 5.41) is 0.779. The lowest BCUT2D eigenvalue weighted by Gasteiger charge is -2.09. The van der Waals surface area contributed by atoms with Gasteiger partial charge in [-0.25, -0.2) is 8.42 Å². The van der Waals surface area contributed by atoms with Gasteiger partial charge in [-0.05, 0) is 55.5 Å². The summed E-state index contributed by atoms with van der Waals surface area (Å²) in [6, 6.07) is 13.4. The smallest absolute Gasteiger partial charge is 0.156 e. The van der Waals surface area contributed by atoms with Crippen LogP contribution in [0.4, 0.5) is 0 Å². The molecule has 23 heavy (non-hydrogen) atoms. The van der Waals surface area contributed by atoms with Crippen LogP contribution in [0, 0.1) is 0 Å². The molecule has 0 atom stereocenters. The van der Waals surface area contributed by atoms with Gasteiger partial charge in [0, 0.05) is 0 Å². The van der Waals surface area contributed by atoms with E-state index in [0.29, 0.717) is 10.0 Å². The fraction of sp³-hybridized carbons (Fsp3) is 0.333. The van der Waals surface area contributed by atoms with Crippen molar-refractivity contribution in [3.63, 3.8) is 0 Å². The van der Waals surface area contributed by atoms with Gasteiger partial charge in [0.2, 0.25) is 0 Å². The Kier molecular flexibility index (Phi) is 6.12. The van der Waals surface area contributed by atoms with E-state index in [1.54, 1.807) is 19.9 Å². The van der Waals surface area contributed by atoms with Crippen molar-refractivity contribution in [3.8, 4) is 0 Å². The van der Waals surface area contributed by atoms with Crippen molar-refractivity contribution in [1.82, 2.24) is 0 Å². The Bertz CT molecular complexity index is 766. The Hall–Kier alpha value is -1.03. The quantitative estimate of drug-likeness (QED) is 0.708. The zero-order valence-corrected chi connectivity index (χ0v) is 15.5. The average molecular weight is 371 g/mol. The fourth-order valence-electron chi connectivity index (χ4n) is 2.18. The first kappa shape index (κ1) is 18.3. The van der Waals surface area contributed by atoms with Crippen molar-refractivity contribution < 1.29 is 8.42 Å². The normalized spacial score (nSPS) is 11.9. The predicted molar refractivity (Wildman–Crippen MR) is 98.1 cm³/mol. The summed E-state index contributed by atoms with van der Waals surface area (Å²) >= 11 is 11.9. The van der Waals surface area contributed by atoms with E-state index in [9.17, 15) is 8.42 Å². The highest BCUT2D eigenvalue weighted by Gasteiger charge is 2.16. The predicted octanol–water partition coefficient (Wildman–Crippen LogP) is 5.10. The van der Waals surface area contributed by atoms with E-state index in [0.717, 1.165) is 24.0 Å². The number of halogens is 2. The highest BCUT2D eigenvalue weighted by Crippen LogP contribution is 2.23. The molecule has 5 heteroatoms. The average Bonchev–Trinajstić information content (AvgIpc) is 2.49. The molecule has 0 radical (unpaired) electrons. The molecule has 2 rings (SSSR count). The lowest BCUT2D eigenvalue weighted by atomic mass is 10.0. The van der Waals surface area contributed by atoms with Gasteiger partial charge in [-0.3, -0.25) is 0 Å². The number of benzene rings is 2. The highest BCUT2D eigenvalue weighted by molar-refractivity contribution is 7.91. The van der Waals surface area contributed by atoms with Crippen LogP contribution in [0.5, 0.6) is 0 Å². The van der Waals surface area contributed by atoms with Crippen molar-refractivity contribution in [3.05, 3.63) is 69.2 Å². The van der Waals surface area contributed by atoms with Gasteiger partial charge in [0.15, 0.2) is 9.84 Å². The summed E-state index contributed by atoms with van der Waals surface area (Å²) in [7, 11) is -3.06. The zero-order valence-electron chi connectivity index (χ0n) is 13.2. The summed E-state index contributed by atoms with van der Waals surface area (Å²) in [4.78, 5) is 0. The molecule has 0 aliphatic carbocycles. The Balaban J connectivity index is 1.99. The zero-order chi connectivity index (χ0) is 17.0. The SMILES string of the molecule is CC(C)S(=O)(=O)Cc1ccc(CCc2ccc(Cl)c(Cl)c2)cc1. The van der Waals surface area contributed by atoms with E-state index in [1.807, 2.05) is 36.4 Å². The Morgan fingerprint density at radius 2 is 1.35 bits per heavy atom. The molecule has 2 nitrogen and oxygen atoms in total. The largest absolute Gasteiger partial charge is 0.228 e. The molecule has 0 spiro atoms. The van der Waals surface area contributed by atoms with Crippen molar-refractivity contribution in [2.75, 3.05) is 0 Å². The second-order valence-electron chi connectivity index (χ2n) is 5.92. The van der Waals surface area contributed by atoms with Crippen molar-refractivity contribution in [2.24, 2.45) is 0 Å². The van der Waals surface area contributed by atoms with Crippen LogP contribution in [-0.2, 0) is 28.4 Å². The fourth-order valence-corrected chi connectivity index (χ4v) is 3.50. The molecule has 2 aromatic carbocycles. The van der Waals surface area contributed by atoms with Gasteiger partial charge < -0.3 is 0 Å². The summed E-state index contributed by atoms with van der Waals surface area (Å²) in [6.07, 6.45) is 1.73. The second kappa shape index (κ2) is 7.69. The van der Waals surface area contributed by atoms with E-state index in [4.69, 9.17) is 23.2 Å². The third kappa shape index (κ3) is 5.23. The molecule has 0 fully saturated rings. The maximum absolute atomic E-state index is 11.9. The molecule has 0 aliphatic rings. The molecule has 124 valence electrons. The van der Waals surface area contributed by atoms with Gasteiger partial charge in [-0.15, -0.1) is 0 Å². The molecule has 0 aromatic heterocycles. The van der Waals surface area contributed by atoms with Gasteiger partial charge in [0.05, 0.1) is 21.0 Å². The molecular weight excluding hydrogens is 351 g/mol. The lowest BCUT2D eigenvalue weighted by Crippen LogP contribution is -2.15. The van der Waals surface area contributed by atoms with Crippen LogP contribution in [0.1, 0.15) is 30.5 Å². The summed E-state index contributed by atoms with van der Waals surface area (Å²) in [5.74, 6) is 0.0950. The van der Waals surface area contributed by atoms with E-state index in [-0.39, 0.29) is 11.0 Å². The number of hydrogen-bond donors (Lipinski definition) is 0. The maximum atomic E-state index is 11.9. The first-order valence-electron chi connectivity index (χ1n) is 7.51. The first-order valence-corrected chi connectivity index (χ1v) is 9.98. The number of aryl methyl sites for hydroxylation is 2. The number of hydrogen-bond acceptors (Lipinski definition) is 2. The molecule has 0 N–H and O–H groups in total. The Morgan fingerprint density at radius 1 is 0.826 bits per heavy atom. The van der Waals surface area contributed by atoms with E-state index in [2.05, 4.69) is 0 Å². The molecular formula is C18H20Cl2O2S. The topological polar surface area (TPSA) is 34.1 Å². The summed E-state index contributed by atoms with van der Waals surface area (Å²) < 4.78 is 23.9. The molecule has 0 amide bonds.